The van der Waals surface area contributed by atoms with Crippen LogP contribution < -0.4 is 10.6 Å². The lowest BCUT2D eigenvalue weighted by Crippen LogP contribution is -2.06. The largest absolute Gasteiger partial charge is 0.451 e. The van der Waals surface area contributed by atoms with Gasteiger partial charge in [0.15, 0.2) is 4.67 Å². The Hall–Kier alpha value is -0.980. The van der Waals surface area contributed by atoms with Crippen LogP contribution in [0.15, 0.2) is 37.8 Å². The van der Waals surface area contributed by atoms with Crippen LogP contribution in [0.2, 0.25) is 5.02 Å². The van der Waals surface area contributed by atoms with Crippen molar-refractivity contribution in [2.75, 3.05) is 10.6 Å². The van der Waals surface area contributed by atoms with Crippen molar-refractivity contribution in [1.29, 1.82) is 0 Å². The van der Waals surface area contributed by atoms with Crippen LogP contribution in [0, 0.1) is 0 Å². The van der Waals surface area contributed by atoms with Gasteiger partial charge in [0.2, 0.25) is 5.91 Å². The molecule has 1 aromatic carbocycles. The van der Waals surface area contributed by atoms with Crippen molar-refractivity contribution in [1.82, 2.24) is 0 Å². The van der Waals surface area contributed by atoms with Crippen molar-refractivity contribution in [3.05, 3.63) is 44.2 Å². The summed E-state index contributed by atoms with van der Waals surface area (Å²) < 4.78 is 6.99. The molecule has 1 heterocycles. The molecule has 0 spiro atoms. The van der Waals surface area contributed by atoms with Crippen molar-refractivity contribution in [3.63, 3.8) is 0 Å². The fourth-order valence-corrected chi connectivity index (χ4v) is 2.47. The molecule has 2 rings (SSSR count). The monoisotopic (exact) mass is 420 g/mol. The van der Waals surface area contributed by atoms with Crippen molar-refractivity contribution < 1.29 is 9.21 Å². The normalized spacial score (nSPS) is 10.4. The van der Waals surface area contributed by atoms with E-state index in [1.165, 1.54) is 6.92 Å². The third kappa shape index (κ3) is 4.01. The highest BCUT2D eigenvalue weighted by Crippen LogP contribution is 2.28. The molecule has 2 N–H and O–H groups in total. The van der Waals surface area contributed by atoms with Gasteiger partial charge < -0.3 is 15.1 Å². The van der Waals surface area contributed by atoms with Crippen LogP contribution in [-0.4, -0.2) is 5.91 Å². The van der Waals surface area contributed by atoms with Gasteiger partial charge >= 0.3 is 0 Å². The minimum atomic E-state index is -0.155. The van der Waals surface area contributed by atoms with E-state index in [9.17, 15) is 4.79 Å². The van der Waals surface area contributed by atoms with Crippen molar-refractivity contribution >= 4 is 60.7 Å². The minimum Gasteiger partial charge on any atom is -0.451 e. The third-order valence-corrected chi connectivity index (χ3v) is 4.47. The predicted octanol–water partition coefficient (Wildman–Crippen LogP) is 5.03. The van der Waals surface area contributed by atoms with Gasteiger partial charge in [-0.05, 0) is 56.1 Å². The summed E-state index contributed by atoms with van der Waals surface area (Å²) in [6.07, 6.45) is 0. The van der Waals surface area contributed by atoms with E-state index >= 15 is 0 Å². The van der Waals surface area contributed by atoms with Crippen LogP contribution in [0.3, 0.4) is 0 Å². The maximum absolute atomic E-state index is 11.0. The van der Waals surface area contributed by atoms with Crippen LogP contribution in [0.1, 0.15) is 12.7 Å². The molecule has 0 aliphatic carbocycles. The molecule has 1 aromatic heterocycles. The number of furan rings is 1. The summed E-state index contributed by atoms with van der Waals surface area (Å²) in [5, 5.41) is 6.32. The van der Waals surface area contributed by atoms with Crippen LogP contribution in [0.25, 0.3) is 0 Å². The average molecular weight is 423 g/mol. The second-order valence-corrected chi connectivity index (χ2v) is 6.05. The molecule has 7 heteroatoms. The van der Waals surface area contributed by atoms with E-state index in [1.54, 1.807) is 12.1 Å². The number of nitrogens with one attached hydrogen (secondary N) is 2. The lowest BCUT2D eigenvalue weighted by atomic mass is 10.2. The molecular formula is C13H11Br2ClN2O2. The average Bonchev–Trinajstić information content (AvgIpc) is 2.69. The molecular weight excluding hydrogens is 411 g/mol. The minimum absolute atomic E-state index is 0.155. The Morgan fingerprint density at radius 3 is 2.65 bits per heavy atom. The highest BCUT2D eigenvalue weighted by atomic mass is 79.9. The van der Waals surface area contributed by atoms with E-state index in [2.05, 4.69) is 42.5 Å². The zero-order valence-corrected chi connectivity index (χ0v) is 14.4. The van der Waals surface area contributed by atoms with E-state index in [-0.39, 0.29) is 5.91 Å². The summed E-state index contributed by atoms with van der Waals surface area (Å²) in [7, 11) is 0. The molecule has 0 saturated carbocycles. The Labute approximate surface area is 138 Å². The Kier molecular flexibility index (Phi) is 5.12. The fraction of sp³-hybridized carbons (Fsp3) is 0.154. The number of halogens is 3. The Bertz CT molecular complexity index is 624. The first-order valence-corrected chi connectivity index (χ1v) is 7.67. The number of hydrogen-bond donors (Lipinski definition) is 2. The maximum atomic E-state index is 11.0. The maximum Gasteiger partial charge on any atom is 0.221 e. The first kappa shape index (κ1) is 15.4. The first-order valence-electron chi connectivity index (χ1n) is 5.70. The molecule has 4 nitrogen and oxygen atoms in total. The second-order valence-electron chi connectivity index (χ2n) is 4.06. The number of carbonyl (C=O) groups is 1. The van der Waals surface area contributed by atoms with E-state index < -0.39 is 0 Å². The third-order valence-electron chi connectivity index (χ3n) is 2.44. The molecule has 1 amide bonds. The van der Waals surface area contributed by atoms with Gasteiger partial charge in [0, 0.05) is 12.6 Å². The van der Waals surface area contributed by atoms with Gasteiger partial charge in [0.25, 0.3) is 0 Å². The molecule has 0 unspecified atom stereocenters. The molecule has 0 bridgehead atoms. The molecule has 0 aliphatic heterocycles. The van der Waals surface area contributed by atoms with Crippen LogP contribution >= 0.6 is 43.5 Å². The molecule has 0 fully saturated rings. The molecule has 0 aliphatic rings. The smallest absolute Gasteiger partial charge is 0.221 e. The van der Waals surface area contributed by atoms with Crippen molar-refractivity contribution in [3.8, 4) is 0 Å². The summed E-state index contributed by atoms with van der Waals surface area (Å²) in [6.45, 7) is 1.97. The van der Waals surface area contributed by atoms with E-state index in [0.29, 0.717) is 21.9 Å². The fourth-order valence-electron chi connectivity index (χ4n) is 1.58. The topological polar surface area (TPSA) is 54.3 Å². The van der Waals surface area contributed by atoms with Crippen LogP contribution in [0.4, 0.5) is 11.4 Å². The number of anilines is 2. The summed E-state index contributed by atoms with van der Waals surface area (Å²) in [5.74, 6) is 0.628. The van der Waals surface area contributed by atoms with Gasteiger partial charge in [0.05, 0.1) is 21.7 Å². The van der Waals surface area contributed by atoms with Gasteiger partial charge in [-0.3, -0.25) is 4.79 Å². The second kappa shape index (κ2) is 6.65. The molecule has 0 radical (unpaired) electrons. The van der Waals surface area contributed by atoms with Crippen LogP contribution in [-0.2, 0) is 11.3 Å². The standard InChI is InChI=1S/C13H11Br2ClN2O2/c1-7(19)18-12-3-2-8(4-11(12)16)17-6-9-5-10(14)13(15)20-9/h2-5,17H,6H2,1H3,(H,18,19). The zero-order valence-electron chi connectivity index (χ0n) is 10.5. The molecule has 0 atom stereocenters. The highest BCUT2D eigenvalue weighted by Gasteiger charge is 2.07. The van der Waals surface area contributed by atoms with Gasteiger partial charge in [0.1, 0.15) is 5.76 Å². The predicted molar refractivity (Wildman–Crippen MR) is 87.2 cm³/mol. The lowest BCUT2D eigenvalue weighted by Gasteiger charge is -2.08. The summed E-state index contributed by atoms with van der Waals surface area (Å²) >= 11 is 12.7. The quantitative estimate of drug-likeness (QED) is 0.727. The number of carbonyl (C=O) groups excluding carboxylic acids is 1. The Morgan fingerprint density at radius 2 is 2.10 bits per heavy atom. The van der Waals surface area contributed by atoms with Crippen molar-refractivity contribution in [2.45, 2.75) is 13.5 Å². The molecule has 2 aromatic rings. The van der Waals surface area contributed by atoms with E-state index in [4.69, 9.17) is 16.0 Å². The summed E-state index contributed by atoms with van der Waals surface area (Å²) in [5.41, 5.74) is 1.43. The molecule has 20 heavy (non-hydrogen) atoms. The number of benzene rings is 1. The van der Waals surface area contributed by atoms with Crippen molar-refractivity contribution in [2.24, 2.45) is 0 Å². The van der Waals surface area contributed by atoms with Gasteiger partial charge in [-0.25, -0.2) is 0 Å². The molecule has 0 saturated heterocycles. The number of amides is 1. The number of rotatable bonds is 4. The highest BCUT2D eigenvalue weighted by molar-refractivity contribution is 9.13. The van der Waals surface area contributed by atoms with E-state index in [0.717, 1.165) is 15.9 Å². The Balaban J connectivity index is 2.03. The Morgan fingerprint density at radius 1 is 1.35 bits per heavy atom. The van der Waals surface area contributed by atoms with Crippen LogP contribution in [0.5, 0.6) is 0 Å². The summed E-state index contributed by atoms with van der Waals surface area (Å²) in [4.78, 5) is 11.0. The molecule has 106 valence electrons. The zero-order chi connectivity index (χ0) is 14.7. The SMILES string of the molecule is CC(=O)Nc1ccc(NCc2cc(Br)c(Br)o2)cc1Cl. The van der Waals surface area contributed by atoms with Gasteiger partial charge in [-0.2, -0.15) is 0 Å². The summed E-state index contributed by atoms with van der Waals surface area (Å²) in [6, 6.07) is 7.22. The lowest BCUT2D eigenvalue weighted by molar-refractivity contribution is -0.114. The number of hydrogen-bond acceptors (Lipinski definition) is 3. The van der Waals surface area contributed by atoms with Gasteiger partial charge in [-0.15, -0.1) is 0 Å². The first-order chi connectivity index (χ1) is 9.45. The van der Waals surface area contributed by atoms with E-state index in [1.807, 2.05) is 12.1 Å². The van der Waals surface area contributed by atoms with Gasteiger partial charge in [-0.1, -0.05) is 11.6 Å².